The summed E-state index contributed by atoms with van der Waals surface area (Å²) < 4.78 is 10.9. The molecule has 2 unspecified atom stereocenters. The fourth-order valence-corrected chi connectivity index (χ4v) is 3.47. The summed E-state index contributed by atoms with van der Waals surface area (Å²) in [5, 5.41) is 0.533. The predicted molar refractivity (Wildman–Crippen MR) is 78.1 cm³/mol. The summed E-state index contributed by atoms with van der Waals surface area (Å²) in [5.41, 5.74) is 1.83. The first-order valence-corrected chi connectivity index (χ1v) is 7.57. The van der Waals surface area contributed by atoms with E-state index in [1.54, 1.807) is 14.0 Å². The molecule has 0 saturated carbocycles. The molecule has 1 aliphatic heterocycles. The van der Waals surface area contributed by atoms with E-state index in [2.05, 4.69) is 6.92 Å². The zero-order chi connectivity index (χ0) is 13.8. The third kappa shape index (κ3) is 3.51. The minimum atomic E-state index is 0.0893. The summed E-state index contributed by atoms with van der Waals surface area (Å²) in [6.07, 6.45) is 1.41. The molecule has 1 aliphatic rings. The maximum atomic E-state index is 11.4. The Morgan fingerprint density at radius 2 is 2.32 bits per heavy atom. The van der Waals surface area contributed by atoms with Gasteiger partial charge in [-0.3, -0.25) is 4.79 Å². The minimum absolute atomic E-state index is 0.0893. The van der Waals surface area contributed by atoms with Crippen LogP contribution in [0.4, 0.5) is 0 Å². The number of carbonyl (C=O) groups is 1. The quantitative estimate of drug-likeness (QED) is 0.775. The Balaban J connectivity index is 2.09. The fraction of sp³-hybridized carbons (Fsp3) is 0.533. The van der Waals surface area contributed by atoms with Crippen LogP contribution in [-0.2, 0) is 10.5 Å². The van der Waals surface area contributed by atoms with Gasteiger partial charge in [-0.15, -0.1) is 0 Å². The van der Waals surface area contributed by atoms with Gasteiger partial charge < -0.3 is 9.47 Å². The molecule has 19 heavy (non-hydrogen) atoms. The van der Waals surface area contributed by atoms with Gasteiger partial charge >= 0.3 is 0 Å². The van der Waals surface area contributed by atoms with Crippen molar-refractivity contribution in [2.24, 2.45) is 0 Å². The maximum Gasteiger partial charge on any atom is 0.159 e. The summed E-state index contributed by atoms with van der Waals surface area (Å²) in [5.74, 6) is 1.79. The van der Waals surface area contributed by atoms with E-state index in [1.807, 2.05) is 30.0 Å². The van der Waals surface area contributed by atoms with E-state index >= 15 is 0 Å². The van der Waals surface area contributed by atoms with Crippen molar-refractivity contribution in [3.63, 3.8) is 0 Å². The van der Waals surface area contributed by atoms with Crippen molar-refractivity contribution >= 4 is 17.5 Å². The molecule has 1 fully saturated rings. The minimum Gasteiger partial charge on any atom is -0.496 e. The molecule has 1 aromatic rings. The summed E-state index contributed by atoms with van der Waals surface area (Å²) in [4.78, 5) is 11.4. The number of ether oxygens (including phenoxy) is 2. The molecule has 0 amide bonds. The predicted octanol–water partition coefficient (Wildman–Crippen LogP) is 3.31. The molecule has 1 aromatic carbocycles. The molecule has 1 heterocycles. The van der Waals surface area contributed by atoms with Crippen LogP contribution in [-0.4, -0.2) is 30.9 Å². The highest BCUT2D eigenvalue weighted by atomic mass is 32.2. The summed E-state index contributed by atoms with van der Waals surface area (Å²) in [6, 6.07) is 5.63. The van der Waals surface area contributed by atoms with Crippen LogP contribution in [0.3, 0.4) is 0 Å². The Kier molecular flexibility index (Phi) is 4.88. The summed E-state index contributed by atoms with van der Waals surface area (Å²) in [7, 11) is 1.66. The van der Waals surface area contributed by atoms with Crippen molar-refractivity contribution in [1.82, 2.24) is 0 Å². The van der Waals surface area contributed by atoms with Crippen LogP contribution in [0.25, 0.3) is 0 Å². The first-order valence-electron chi connectivity index (χ1n) is 6.53. The third-order valence-corrected chi connectivity index (χ3v) is 4.97. The number of thioether (sulfide) groups is 1. The number of carbonyl (C=O) groups excluding carboxylic acids is 1. The van der Waals surface area contributed by atoms with Gasteiger partial charge in [0.15, 0.2) is 5.78 Å². The van der Waals surface area contributed by atoms with Crippen molar-refractivity contribution in [2.45, 2.75) is 37.4 Å². The highest BCUT2D eigenvalue weighted by Gasteiger charge is 2.24. The molecule has 0 N–H and O–H groups in total. The molecule has 4 heteroatoms. The van der Waals surface area contributed by atoms with Gasteiger partial charge in [-0.05, 0) is 38.5 Å². The molecular weight excluding hydrogens is 260 g/mol. The second-order valence-corrected chi connectivity index (χ2v) is 6.02. The standard InChI is InChI=1S/C15H20O3S/c1-10(16)12-4-5-14(17-3)13(8-12)9-19-15-6-7-18-11(15)2/h4-5,8,11,15H,6-7,9H2,1-3H3. The lowest BCUT2D eigenvalue weighted by atomic mass is 10.1. The van der Waals surface area contributed by atoms with Gasteiger partial charge in [-0.2, -0.15) is 11.8 Å². The second kappa shape index (κ2) is 6.44. The van der Waals surface area contributed by atoms with E-state index in [-0.39, 0.29) is 5.78 Å². The van der Waals surface area contributed by atoms with E-state index in [0.29, 0.717) is 11.4 Å². The first kappa shape index (κ1) is 14.4. The molecule has 2 atom stereocenters. The lowest BCUT2D eigenvalue weighted by Gasteiger charge is -2.15. The number of ketones is 1. The normalized spacial score (nSPS) is 22.5. The van der Waals surface area contributed by atoms with Gasteiger partial charge in [0.25, 0.3) is 0 Å². The van der Waals surface area contributed by atoms with Crippen molar-refractivity contribution in [3.05, 3.63) is 29.3 Å². The Bertz CT molecular complexity index is 459. The van der Waals surface area contributed by atoms with Gasteiger partial charge in [0, 0.05) is 28.7 Å². The molecule has 0 bridgehead atoms. The van der Waals surface area contributed by atoms with Crippen LogP contribution in [0.2, 0.25) is 0 Å². The van der Waals surface area contributed by atoms with Crippen molar-refractivity contribution in [1.29, 1.82) is 0 Å². The van der Waals surface area contributed by atoms with Crippen molar-refractivity contribution in [3.8, 4) is 5.75 Å². The van der Waals surface area contributed by atoms with E-state index < -0.39 is 0 Å². The molecule has 0 radical (unpaired) electrons. The smallest absolute Gasteiger partial charge is 0.159 e. The van der Waals surface area contributed by atoms with Crippen molar-refractivity contribution in [2.75, 3.05) is 13.7 Å². The number of hydrogen-bond acceptors (Lipinski definition) is 4. The molecule has 2 rings (SSSR count). The first-order chi connectivity index (χ1) is 9.11. The van der Waals surface area contributed by atoms with E-state index in [1.165, 1.54) is 0 Å². The van der Waals surface area contributed by atoms with Gasteiger partial charge in [-0.1, -0.05) is 0 Å². The average Bonchev–Trinajstić information content (AvgIpc) is 2.81. The zero-order valence-corrected chi connectivity index (χ0v) is 12.5. The van der Waals surface area contributed by atoms with Crippen LogP contribution in [0, 0.1) is 0 Å². The molecule has 0 aliphatic carbocycles. The molecule has 0 spiro atoms. The average molecular weight is 280 g/mol. The number of hydrogen-bond donors (Lipinski definition) is 0. The van der Waals surface area contributed by atoms with Crippen LogP contribution < -0.4 is 4.74 Å². The van der Waals surface area contributed by atoms with E-state index in [0.717, 1.165) is 35.7 Å². The Morgan fingerprint density at radius 1 is 1.53 bits per heavy atom. The molecule has 1 saturated heterocycles. The number of methoxy groups -OCH3 is 1. The van der Waals surface area contributed by atoms with Crippen LogP contribution in [0.5, 0.6) is 5.75 Å². The monoisotopic (exact) mass is 280 g/mol. The maximum absolute atomic E-state index is 11.4. The third-order valence-electron chi connectivity index (χ3n) is 3.45. The summed E-state index contributed by atoms with van der Waals surface area (Å²) in [6.45, 7) is 4.56. The Morgan fingerprint density at radius 3 is 2.89 bits per heavy atom. The van der Waals surface area contributed by atoms with Crippen LogP contribution in [0.1, 0.15) is 36.2 Å². The second-order valence-electron chi connectivity index (χ2n) is 4.80. The zero-order valence-electron chi connectivity index (χ0n) is 11.6. The number of rotatable bonds is 5. The van der Waals surface area contributed by atoms with E-state index in [9.17, 15) is 4.79 Å². The van der Waals surface area contributed by atoms with Gasteiger partial charge in [-0.25, -0.2) is 0 Å². The van der Waals surface area contributed by atoms with Crippen LogP contribution in [0.15, 0.2) is 18.2 Å². The molecule has 0 aromatic heterocycles. The highest BCUT2D eigenvalue weighted by Crippen LogP contribution is 2.32. The molecular formula is C15H20O3S. The Hall–Kier alpha value is -1.00. The van der Waals surface area contributed by atoms with Gasteiger partial charge in [0.2, 0.25) is 0 Å². The molecule has 3 nitrogen and oxygen atoms in total. The highest BCUT2D eigenvalue weighted by molar-refractivity contribution is 7.99. The van der Waals surface area contributed by atoms with Gasteiger partial charge in [0.05, 0.1) is 13.2 Å². The topological polar surface area (TPSA) is 35.5 Å². The largest absolute Gasteiger partial charge is 0.496 e. The SMILES string of the molecule is COc1ccc(C(C)=O)cc1CSC1CCOC1C. The van der Waals surface area contributed by atoms with Gasteiger partial charge in [0.1, 0.15) is 5.75 Å². The number of Topliss-reactive ketones (excluding diaryl/α,β-unsaturated/α-hetero) is 1. The summed E-state index contributed by atoms with van der Waals surface area (Å²) >= 11 is 1.88. The van der Waals surface area contributed by atoms with E-state index in [4.69, 9.17) is 9.47 Å². The molecule has 104 valence electrons. The number of benzene rings is 1. The lowest BCUT2D eigenvalue weighted by Crippen LogP contribution is -2.13. The lowest BCUT2D eigenvalue weighted by molar-refractivity contribution is 0.101. The fourth-order valence-electron chi connectivity index (χ4n) is 2.24. The Labute approximate surface area is 118 Å². The van der Waals surface area contributed by atoms with Crippen molar-refractivity contribution < 1.29 is 14.3 Å². The van der Waals surface area contributed by atoms with Crippen LogP contribution >= 0.6 is 11.8 Å².